The summed E-state index contributed by atoms with van der Waals surface area (Å²) < 4.78 is 46.4. The van der Waals surface area contributed by atoms with E-state index in [1.54, 1.807) is 45.0 Å². The van der Waals surface area contributed by atoms with Crippen LogP contribution < -0.4 is 4.90 Å². The van der Waals surface area contributed by atoms with E-state index in [0.29, 0.717) is 16.9 Å². The van der Waals surface area contributed by atoms with Crippen molar-refractivity contribution in [2.45, 2.75) is 52.1 Å². The highest BCUT2D eigenvalue weighted by Crippen LogP contribution is 2.38. The summed E-state index contributed by atoms with van der Waals surface area (Å²) in [5.41, 5.74) is 0.0660. The van der Waals surface area contributed by atoms with E-state index in [2.05, 4.69) is 10.1 Å². The van der Waals surface area contributed by atoms with Crippen molar-refractivity contribution in [2.75, 3.05) is 18.5 Å². The molecule has 3 aromatic rings. The molecule has 0 bridgehead atoms. The molecule has 2 atom stereocenters. The van der Waals surface area contributed by atoms with Gasteiger partial charge < -0.3 is 9.64 Å². The normalized spacial score (nSPS) is 16.5. The first-order valence-corrected chi connectivity index (χ1v) is 12.2. The van der Waals surface area contributed by atoms with Gasteiger partial charge in [0, 0.05) is 25.4 Å². The van der Waals surface area contributed by atoms with Crippen LogP contribution in [0.2, 0.25) is 0 Å². The first-order chi connectivity index (χ1) is 17.8. The number of hydrogen-bond donors (Lipinski definition) is 0. The molecule has 8 nitrogen and oxygen atoms in total. The van der Waals surface area contributed by atoms with E-state index in [1.165, 1.54) is 27.9 Å². The smallest absolute Gasteiger partial charge is 0.416 e. The number of alkyl halides is 3. The van der Waals surface area contributed by atoms with Crippen LogP contribution in [0.3, 0.4) is 0 Å². The Balaban J connectivity index is 1.68. The maximum atomic E-state index is 13.6. The average Bonchev–Trinajstić information content (AvgIpc) is 3.30. The maximum absolute atomic E-state index is 13.6. The highest BCUT2D eigenvalue weighted by atomic mass is 19.4. The minimum absolute atomic E-state index is 0.0202. The van der Waals surface area contributed by atoms with Crippen molar-refractivity contribution in [1.29, 1.82) is 0 Å². The van der Waals surface area contributed by atoms with Gasteiger partial charge in [0.05, 0.1) is 36.0 Å². The van der Waals surface area contributed by atoms with E-state index in [4.69, 9.17) is 4.74 Å². The van der Waals surface area contributed by atoms with Gasteiger partial charge in [0.1, 0.15) is 11.4 Å². The summed E-state index contributed by atoms with van der Waals surface area (Å²) in [6.07, 6.45) is -1.99. The summed E-state index contributed by atoms with van der Waals surface area (Å²) in [6.45, 7) is 7.27. The Labute approximate surface area is 219 Å². The number of pyridine rings is 1. The number of benzene rings is 1. The molecule has 202 valence electrons. The van der Waals surface area contributed by atoms with Gasteiger partial charge in [-0.1, -0.05) is 18.2 Å². The molecule has 1 aliphatic rings. The van der Waals surface area contributed by atoms with E-state index in [9.17, 15) is 22.8 Å². The number of amides is 2. The molecule has 38 heavy (non-hydrogen) atoms. The predicted octanol–water partition coefficient (Wildman–Crippen LogP) is 5.55. The predicted molar refractivity (Wildman–Crippen MR) is 135 cm³/mol. The summed E-state index contributed by atoms with van der Waals surface area (Å²) in [4.78, 5) is 34.1. The van der Waals surface area contributed by atoms with E-state index in [1.807, 2.05) is 19.1 Å². The van der Waals surface area contributed by atoms with Gasteiger partial charge in [0.25, 0.3) is 0 Å². The molecule has 3 heterocycles. The number of ether oxygens (including phenoxy) is 1. The van der Waals surface area contributed by atoms with Crippen LogP contribution in [0.25, 0.3) is 11.1 Å². The molecular formula is C27H30F3N5O3. The van der Waals surface area contributed by atoms with Crippen LogP contribution in [-0.4, -0.2) is 50.9 Å². The summed E-state index contributed by atoms with van der Waals surface area (Å²) in [6, 6.07) is 9.83. The zero-order valence-electron chi connectivity index (χ0n) is 21.9. The van der Waals surface area contributed by atoms with Crippen LogP contribution in [-0.2, 0) is 22.3 Å². The second-order valence-corrected chi connectivity index (χ2v) is 10.3. The molecule has 0 saturated carbocycles. The Hall–Kier alpha value is -3.89. The van der Waals surface area contributed by atoms with Gasteiger partial charge in [-0.05, 0) is 57.5 Å². The highest BCUT2D eigenvalue weighted by Gasteiger charge is 2.39. The quantitative estimate of drug-likeness (QED) is 0.443. The lowest BCUT2D eigenvalue weighted by atomic mass is 10.0. The number of fused-ring (bicyclic) bond motifs is 1. The lowest BCUT2D eigenvalue weighted by Crippen LogP contribution is -2.50. The molecule has 0 spiro atoms. The first-order valence-electron chi connectivity index (χ1n) is 12.2. The van der Waals surface area contributed by atoms with Crippen LogP contribution in [0.4, 0.5) is 23.8 Å². The van der Waals surface area contributed by atoms with Gasteiger partial charge in [-0.3, -0.25) is 14.7 Å². The van der Waals surface area contributed by atoms with Crippen molar-refractivity contribution in [3.63, 3.8) is 0 Å². The van der Waals surface area contributed by atoms with E-state index < -0.39 is 29.4 Å². The van der Waals surface area contributed by atoms with Crippen LogP contribution in [0.5, 0.6) is 0 Å². The second-order valence-electron chi connectivity index (χ2n) is 10.3. The Morgan fingerprint density at radius 3 is 2.34 bits per heavy atom. The third-order valence-electron chi connectivity index (χ3n) is 6.39. The Morgan fingerprint density at radius 2 is 1.76 bits per heavy atom. The average molecular weight is 530 g/mol. The van der Waals surface area contributed by atoms with E-state index in [0.717, 1.165) is 17.8 Å². The first kappa shape index (κ1) is 27.2. The van der Waals surface area contributed by atoms with Gasteiger partial charge in [-0.15, -0.1) is 0 Å². The monoisotopic (exact) mass is 529 g/mol. The summed E-state index contributed by atoms with van der Waals surface area (Å²) in [5, 5.41) is 4.39. The van der Waals surface area contributed by atoms with Gasteiger partial charge in [0.2, 0.25) is 5.91 Å². The molecule has 0 fully saturated rings. The molecule has 11 heteroatoms. The van der Waals surface area contributed by atoms with Gasteiger partial charge in [-0.2, -0.15) is 18.3 Å². The van der Waals surface area contributed by atoms with Crippen molar-refractivity contribution >= 4 is 17.8 Å². The zero-order valence-corrected chi connectivity index (χ0v) is 21.9. The highest BCUT2D eigenvalue weighted by molar-refractivity contribution is 5.94. The summed E-state index contributed by atoms with van der Waals surface area (Å²) in [7, 11) is 1.69. The van der Waals surface area contributed by atoms with Crippen LogP contribution in [0.15, 0.2) is 54.9 Å². The number of hydrogen-bond acceptors (Lipinski definition) is 5. The van der Waals surface area contributed by atoms with Gasteiger partial charge in [-0.25, -0.2) is 9.48 Å². The summed E-state index contributed by atoms with van der Waals surface area (Å²) in [5.74, 6) is -0.469. The van der Waals surface area contributed by atoms with Crippen LogP contribution in [0.1, 0.15) is 45.0 Å². The Kier molecular flexibility index (Phi) is 7.22. The molecule has 4 rings (SSSR count). The number of carbonyl (C=O) groups is 2. The topological polar surface area (TPSA) is 80.6 Å². The lowest BCUT2D eigenvalue weighted by Gasteiger charge is -2.37. The third-order valence-corrected chi connectivity index (χ3v) is 6.39. The SMILES string of the molecule is CC(c1ccccn1)N(C)C(=O)C1CN(C(=O)OC(C)(C)C)c2c(-c3ccc(C(F)(F)F)cc3)cnn2C1. The Morgan fingerprint density at radius 1 is 1.08 bits per heavy atom. The molecule has 2 aromatic heterocycles. The molecule has 2 unspecified atom stereocenters. The molecule has 2 amide bonds. The van der Waals surface area contributed by atoms with E-state index in [-0.39, 0.29) is 25.0 Å². The second kappa shape index (κ2) is 10.1. The largest absolute Gasteiger partial charge is 0.443 e. The van der Waals surface area contributed by atoms with Crippen molar-refractivity contribution in [3.05, 3.63) is 66.1 Å². The zero-order chi connectivity index (χ0) is 27.8. The molecule has 0 N–H and O–H groups in total. The van der Waals surface area contributed by atoms with Gasteiger partial charge in [0.15, 0.2) is 0 Å². The molecule has 1 aromatic carbocycles. The fourth-order valence-electron chi connectivity index (χ4n) is 4.35. The number of rotatable bonds is 4. The molecule has 0 saturated heterocycles. The molecule has 0 aliphatic carbocycles. The van der Waals surface area contributed by atoms with Crippen molar-refractivity contribution in [1.82, 2.24) is 19.7 Å². The third kappa shape index (κ3) is 5.66. The van der Waals surface area contributed by atoms with Crippen molar-refractivity contribution < 1.29 is 27.5 Å². The molecule has 1 aliphatic heterocycles. The number of aromatic nitrogens is 3. The fourth-order valence-corrected chi connectivity index (χ4v) is 4.35. The molecular weight excluding hydrogens is 499 g/mol. The van der Waals surface area contributed by atoms with Crippen molar-refractivity contribution in [3.8, 4) is 11.1 Å². The number of carbonyl (C=O) groups excluding carboxylic acids is 2. The van der Waals surface area contributed by atoms with E-state index >= 15 is 0 Å². The minimum Gasteiger partial charge on any atom is -0.443 e. The summed E-state index contributed by atoms with van der Waals surface area (Å²) >= 11 is 0. The number of anilines is 1. The fraction of sp³-hybridized carbons (Fsp3) is 0.407. The number of nitrogens with zero attached hydrogens (tertiary/aromatic N) is 5. The standard InChI is InChI=1S/C27H30F3N5O3/c1-17(22-8-6-7-13-31-22)33(5)24(36)19-15-34(25(37)38-26(2,3)4)23-21(14-32-35(23)16-19)18-9-11-20(12-10-18)27(28,29)30/h6-14,17,19H,15-16H2,1-5H3. The molecule has 0 radical (unpaired) electrons. The minimum atomic E-state index is -4.47. The Bertz CT molecular complexity index is 1300. The number of halogens is 3. The maximum Gasteiger partial charge on any atom is 0.416 e. The van der Waals surface area contributed by atoms with Crippen LogP contribution in [0, 0.1) is 5.92 Å². The van der Waals surface area contributed by atoms with Gasteiger partial charge >= 0.3 is 12.3 Å². The lowest BCUT2D eigenvalue weighted by molar-refractivity contribution is -0.138. The van der Waals surface area contributed by atoms with Crippen LogP contribution >= 0.6 is 0 Å². The van der Waals surface area contributed by atoms with Crippen molar-refractivity contribution in [2.24, 2.45) is 5.92 Å².